The van der Waals surface area contributed by atoms with Crippen molar-refractivity contribution in [3.8, 4) is 0 Å². The molecule has 0 heterocycles. The predicted octanol–water partition coefficient (Wildman–Crippen LogP) is 1.39. The minimum absolute atomic E-state index is 0.0441. The molecule has 0 aliphatic heterocycles. The molecule has 6 heteroatoms. The summed E-state index contributed by atoms with van der Waals surface area (Å²) < 4.78 is 24.9. The highest BCUT2D eigenvalue weighted by Crippen LogP contribution is 2.43. The lowest BCUT2D eigenvalue weighted by Gasteiger charge is -2.43. The standard InChI is InChI=1S/C16H24N2O3S/c1-12-5-6-14(9-13(12)2)16(7-4-8-16)11-18-15(19)10-22(20,21)17-3/h5-6,9,17H,4,7-8,10-11H2,1-3H3,(H,18,19). The Morgan fingerprint density at radius 2 is 1.91 bits per heavy atom. The van der Waals surface area contributed by atoms with Crippen LogP contribution in [0.15, 0.2) is 18.2 Å². The molecule has 0 spiro atoms. The number of benzene rings is 1. The molecule has 1 saturated carbocycles. The van der Waals surface area contributed by atoms with E-state index in [0.29, 0.717) is 6.54 Å². The normalized spacial score (nSPS) is 16.9. The van der Waals surface area contributed by atoms with E-state index in [-0.39, 0.29) is 5.41 Å². The lowest BCUT2D eigenvalue weighted by molar-refractivity contribution is -0.119. The van der Waals surface area contributed by atoms with Crippen LogP contribution < -0.4 is 10.0 Å². The van der Waals surface area contributed by atoms with Crippen molar-refractivity contribution in [3.05, 3.63) is 34.9 Å². The van der Waals surface area contributed by atoms with E-state index in [4.69, 9.17) is 0 Å². The van der Waals surface area contributed by atoms with Gasteiger partial charge in [0.15, 0.2) is 0 Å². The zero-order chi connectivity index (χ0) is 16.4. The number of carbonyl (C=O) groups is 1. The Labute approximate surface area is 132 Å². The largest absolute Gasteiger partial charge is 0.354 e. The molecule has 1 aliphatic carbocycles. The van der Waals surface area contributed by atoms with Crippen molar-refractivity contribution in [1.82, 2.24) is 10.0 Å². The molecule has 0 radical (unpaired) electrons. The van der Waals surface area contributed by atoms with Gasteiger partial charge in [0.1, 0.15) is 5.75 Å². The molecule has 5 nitrogen and oxygen atoms in total. The van der Waals surface area contributed by atoms with Crippen LogP contribution in [0.3, 0.4) is 0 Å². The van der Waals surface area contributed by atoms with Gasteiger partial charge in [-0.25, -0.2) is 13.1 Å². The topological polar surface area (TPSA) is 75.3 Å². The summed E-state index contributed by atoms with van der Waals surface area (Å²) in [5, 5.41) is 2.79. The van der Waals surface area contributed by atoms with Crippen LogP contribution in [-0.4, -0.2) is 33.7 Å². The SMILES string of the molecule is CNS(=O)(=O)CC(=O)NCC1(c2ccc(C)c(C)c2)CCC1. The monoisotopic (exact) mass is 324 g/mol. The van der Waals surface area contributed by atoms with Gasteiger partial charge in [-0.1, -0.05) is 24.6 Å². The number of carbonyl (C=O) groups excluding carboxylic acids is 1. The Hall–Kier alpha value is -1.40. The molecule has 1 amide bonds. The van der Waals surface area contributed by atoms with E-state index in [2.05, 4.69) is 42.1 Å². The van der Waals surface area contributed by atoms with Crippen LogP contribution in [-0.2, 0) is 20.2 Å². The third-order valence-corrected chi connectivity index (χ3v) is 5.95. The first-order valence-electron chi connectivity index (χ1n) is 7.54. The van der Waals surface area contributed by atoms with Crippen molar-refractivity contribution in [3.63, 3.8) is 0 Å². The number of hydrogen-bond donors (Lipinski definition) is 2. The van der Waals surface area contributed by atoms with Gasteiger partial charge in [-0.05, 0) is 50.4 Å². The number of aryl methyl sites for hydroxylation is 2. The fraction of sp³-hybridized carbons (Fsp3) is 0.562. The average molecular weight is 324 g/mol. The first kappa shape index (κ1) is 17.0. The van der Waals surface area contributed by atoms with Gasteiger partial charge in [0.05, 0.1) is 0 Å². The molecule has 0 aromatic heterocycles. The van der Waals surface area contributed by atoms with Crippen molar-refractivity contribution in [2.24, 2.45) is 0 Å². The summed E-state index contributed by atoms with van der Waals surface area (Å²) in [4.78, 5) is 11.8. The Balaban J connectivity index is 2.05. The second-order valence-electron chi connectivity index (χ2n) is 6.17. The van der Waals surface area contributed by atoms with Crippen molar-refractivity contribution >= 4 is 15.9 Å². The summed E-state index contributed by atoms with van der Waals surface area (Å²) in [6.07, 6.45) is 3.18. The number of sulfonamides is 1. The zero-order valence-corrected chi connectivity index (χ0v) is 14.2. The molecule has 122 valence electrons. The lowest BCUT2D eigenvalue weighted by Crippen LogP contribution is -2.47. The van der Waals surface area contributed by atoms with Crippen molar-refractivity contribution in [1.29, 1.82) is 0 Å². The van der Waals surface area contributed by atoms with Crippen LogP contribution in [0, 0.1) is 13.8 Å². The summed E-state index contributed by atoms with van der Waals surface area (Å²) in [7, 11) is -2.20. The summed E-state index contributed by atoms with van der Waals surface area (Å²) >= 11 is 0. The van der Waals surface area contributed by atoms with E-state index in [9.17, 15) is 13.2 Å². The van der Waals surface area contributed by atoms with Gasteiger partial charge in [0, 0.05) is 12.0 Å². The molecular formula is C16H24N2O3S. The molecule has 0 saturated heterocycles. The number of amides is 1. The average Bonchev–Trinajstić information content (AvgIpc) is 2.41. The predicted molar refractivity (Wildman–Crippen MR) is 87.3 cm³/mol. The van der Waals surface area contributed by atoms with Gasteiger partial charge in [-0.15, -0.1) is 0 Å². The molecule has 22 heavy (non-hydrogen) atoms. The third-order valence-electron chi connectivity index (χ3n) is 4.69. The van der Waals surface area contributed by atoms with Crippen LogP contribution in [0.1, 0.15) is 36.0 Å². The van der Waals surface area contributed by atoms with Crippen LogP contribution in [0.25, 0.3) is 0 Å². The Morgan fingerprint density at radius 3 is 2.41 bits per heavy atom. The van der Waals surface area contributed by atoms with Gasteiger partial charge >= 0.3 is 0 Å². The summed E-state index contributed by atoms with van der Waals surface area (Å²) in [6, 6.07) is 6.42. The van der Waals surface area contributed by atoms with Crippen LogP contribution in [0.4, 0.5) is 0 Å². The maximum Gasteiger partial charge on any atom is 0.236 e. The third kappa shape index (κ3) is 3.67. The Bertz CT molecular complexity index is 664. The quantitative estimate of drug-likeness (QED) is 0.830. The van der Waals surface area contributed by atoms with E-state index >= 15 is 0 Å². The van der Waals surface area contributed by atoms with Gasteiger partial charge in [0.25, 0.3) is 0 Å². The molecule has 0 bridgehead atoms. The molecule has 1 aromatic carbocycles. The first-order valence-corrected chi connectivity index (χ1v) is 9.19. The molecule has 1 fully saturated rings. The number of rotatable bonds is 6. The summed E-state index contributed by atoms with van der Waals surface area (Å²) in [5.74, 6) is -0.976. The molecule has 2 N–H and O–H groups in total. The highest BCUT2D eigenvalue weighted by Gasteiger charge is 2.39. The maximum absolute atomic E-state index is 11.8. The van der Waals surface area contributed by atoms with E-state index in [0.717, 1.165) is 19.3 Å². The van der Waals surface area contributed by atoms with Crippen LogP contribution >= 0.6 is 0 Å². The summed E-state index contributed by atoms with van der Waals surface area (Å²) in [6.45, 7) is 4.66. The van der Waals surface area contributed by atoms with Gasteiger partial charge in [0.2, 0.25) is 15.9 Å². The van der Waals surface area contributed by atoms with Crippen molar-refractivity contribution in [2.75, 3.05) is 19.3 Å². The molecule has 1 aromatic rings. The molecule has 2 rings (SSSR count). The second kappa shape index (κ2) is 6.38. The van der Waals surface area contributed by atoms with E-state index in [1.54, 1.807) is 0 Å². The summed E-state index contributed by atoms with van der Waals surface area (Å²) in [5.41, 5.74) is 3.69. The zero-order valence-electron chi connectivity index (χ0n) is 13.4. The fourth-order valence-corrected chi connectivity index (χ4v) is 3.40. The van der Waals surface area contributed by atoms with Crippen molar-refractivity contribution in [2.45, 2.75) is 38.5 Å². The van der Waals surface area contributed by atoms with Crippen LogP contribution in [0.2, 0.25) is 0 Å². The number of nitrogens with one attached hydrogen (secondary N) is 2. The smallest absolute Gasteiger partial charge is 0.236 e. The molecule has 1 aliphatic rings. The Kier molecular flexibility index (Phi) is 4.92. The highest BCUT2D eigenvalue weighted by molar-refractivity contribution is 7.90. The Morgan fingerprint density at radius 1 is 1.23 bits per heavy atom. The van der Waals surface area contributed by atoms with Gasteiger partial charge < -0.3 is 5.32 Å². The van der Waals surface area contributed by atoms with E-state index < -0.39 is 21.7 Å². The van der Waals surface area contributed by atoms with Gasteiger partial charge in [-0.2, -0.15) is 0 Å². The minimum Gasteiger partial charge on any atom is -0.354 e. The fourth-order valence-electron chi connectivity index (χ4n) is 2.81. The molecule has 0 atom stereocenters. The maximum atomic E-state index is 11.8. The highest BCUT2D eigenvalue weighted by atomic mass is 32.2. The minimum atomic E-state index is -3.51. The first-order chi connectivity index (χ1) is 10.3. The lowest BCUT2D eigenvalue weighted by atomic mass is 9.64. The van der Waals surface area contributed by atoms with E-state index in [1.165, 1.54) is 23.7 Å². The molecular weight excluding hydrogens is 300 g/mol. The van der Waals surface area contributed by atoms with Crippen molar-refractivity contribution < 1.29 is 13.2 Å². The van der Waals surface area contributed by atoms with E-state index in [1.807, 2.05) is 0 Å². The van der Waals surface area contributed by atoms with Gasteiger partial charge in [-0.3, -0.25) is 4.79 Å². The molecule has 0 unspecified atom stereocenters. The number of hydrogen-bond acceptors (Lipinski definition) is 3. The second-order valence-corrected chi connectivity index (χ2v) is 8.10. The van der Waals surface area contributed by atoms with Crippen LogP contribution in [0.5, 0.6) is 0 Å².